The van der Waals surface area contributed by atoms with Gasteiger partial charge >= 0.3 is 38.1 Å². The van der Waals surface area contributed by atoms with Crippen LogP contribution in [-0.4, -0.2) is 0 Å². The molecule has 0 atom stereocenters. The molecule has 0 aromatic heterocycles. The molecule has 0 aromatic rings. The smallest absolute Gasteiger partial charge is 1.00 e. The zero-order valence-corrected chi connectivity index (χ0v) is 10.8. The Balaban J connectivity index is 0. The largest absolute Gasteiger partial charge is 4.00 e. The normalized spacial score (nSPS) is 0. The molecule has 0 saturated heterocycles. The first-order valence-corrected chi connectivity index (χ1v) is 0. The third-order valence-corrected chi connectivity index (χ3v) is 0. The molecule has 0 N–H and O–H groups in total. The van der Waals surface area contributed by atoms with Crippen LogP contribution in [0.4, 0.5) is 0 Å². The van der Waals surface area contributed by atoms with Crippen LogP contribution < -0.4 is 74.4 Å². The second kappa shape index (κ2) is 91.7. The number of hydrogen-bond donors (Lipinski definition) is 0. The van der Waals surface area contributed by atoms with Crippen LogP contribution in [-0.2, 0) is 38.1 Å². The first-order chi connectivity index (χ1) is 0. The molecule has 0 heterocycles. The van der Waals surface area contributed by atoms with Crippen molar-refractivity contribution in [2.45, 2.75) is 0 Å². The van der Waals surface area contributed by atoms with Gasteiger partial charge in [0.05, 0.1) is 0 Å². The van der Waals surface area contributed by atoms with Gasteiger partial charge in [-0.3, -0.25) is 0 Å². The minimum absolute atomic E-state index is 0. The maximum Gasteiger partial charge on any atom is 4.00 e. The fraction of sp³-hybridized carbons (Fsp3) is 0. The molecule has 8 heavy (non-hydrogen) atoms. The van der Waals surface area contributed by atoms with Crippen LogP contribution in [0.25, 0.3) is 0 Å². The van der Waals surface area contributed by atoms with E-state index in [1.165, 1.54) is 0 Å². The molecule has 0 aliphatic heterocycles. The molecule has 0 bridgehead atoms. The van der Waals surface area contributed by atoms with E-state index in [1.54, 1.807) is 0 Å². The van der Waals surface area contributed by atoms with E-state index < -0.39 is 0 Å². The van der Waals surface area contributed by atoms with Crippen molar-refractivity contribution in [2.24, 2.45) is 0 Å². The monoisotopic (exact) mass is 363 g/mol. The van der Waals surface area contributed by atoms with Crippen molar-refractivity contribution in [3.8, 4) is 0 Å². The molecule has 0 fully saturated rings. The van der Waals surface area contributed by atoms with Crippen molar-refractivity contribution in [2.75, 3.05) is 0 Å². The fourth-order valence-corrected chi connectivity index (χ4v) is 0. The van der Waals surface area contributed by atoms with Gasteiger partial charge in [-0.05, 0) is 0 Å². The molecule has 0 spiro atoms. The standard InChI is InChI=1S/6ClH.Mn.Mo/h6*1H;;/q;;;;;;+2;+4/p-6. The van der Waals surface area contributed by atoms with E-state index in [4.69, 9.17) is 0 Å². The van der Waals surface area contributed by atoms with Crippen molar-refractivity contribution in [3.05, 3.63) is 0 Å². The maximum atomic E-state index is 0. The summed E-state index contributed by atoms with van der Waals surface area (Å²) in [6.07, 6.45) is 0. The van der Waals surface area contributed by atoms with Gasteiger partial charge in [0, 0.05) is 0 Å². The minimum Gasteiger partial charge on any atom is -1.00 e. The maximum absolute atomic E-state index is 0. The predicted molar refractivity (Wildman–Crippen MR) is 0 cm³/mol. The molecule has 0 nitrogen and oxygen atoms in total. The van der Waals surface area contributed by atoms with Gasteiger partial charge in [-0.15, -0.1) is 0 Å². The topological polar surface area (TPSA) is 0 Å². The molecule has 0 rings (SSSR count). The SMILES string of the molecule is [Cl-].[Cl-].[Cl-].[Cl-].[Cl-].[Cl-].[Mn+2].[Mo+4]. The summed E-state index contributed by atoms with van der Waals surface area (Å²) in [4.78, 5) is 0. The Labute approximate surface area is 111 Å². The molecule has 8 heteroatoms. The Hall–Kier alpha value is 2.95. The molecule has 1 radical (unpaired) electrons. The summed E-state index contributed by atoms with van der Waals surface area (Å²) in [7, 11) is 0. The third-order valence-electron chi connectivity index (χ3n) is 0. The van der Waals surface area contributed by atoms with Crippen molar-refractivity contribution in [1.82, 2.24) is 0 Å². The second-order valence-electron chi connectivity index (χ2n) is 0. The average Bonchev–Trinajstić information content (AvgIpc) is 0. The molecule has 0 aliphatic rings. The molecule has 0 unspecified atom stereocenters. The van der Waals surface area contributed by atoms with Gasteiger partial charge < -0.3 is 74.4 Å². The Morgan fingerprint density at radius 2 is 0.375 bits per heavy atom. The Bertz CT molecular complexity index is 8.49. The van der Waals surface area contributed by atoms with Crippen LogP contribution in [0.1, 0.15) is 0 Å². The van der Waals surface area contributed by atoms with Gasteiger partial charge in [0.15, 0.2) is 0 Å². The minimum atomic E-state index is 0. The summed E-state index contributed by atoms with van der Waals surface area (Å²) in [6.45, 7) is 0. The van der Waals surface area contributed by atoms with Gasteiger partial charge in [-0.1, -0.05) is 0 Å². The van der Waals surface area contributed by atoms with E-state index >= 15 is 0 Å². The van der Waals surface area contributed by atoms with Crippen LogP contribution in [0.5, 0.6) is 0 Å². The van der Waals surface area contributed by atoms with Gasteiger partial charge in [-0.2, -0.15) is 0 Å². The summed E-state index contributed by atoms with van der Waals surface area (Å²) in [6, 6.07) is 0. The van der Waals surface area contributed by atoms with E-state index in [1.807, 2.05) is 0 Å². The quantitative estimate of drug-likeness (QED) is 0.375. The van der Waals surface area contributed by atoms with Gasteiger partial charge in [-0.25, -0.2) is 0 Å². The summed E-state index contributed by atoms with van der Waals surface area (Å²) in [5.41, 5.74) is 0. The van der Waals surface area contributed by atoms with Crippen LogP contribution in [0.2, 0.25) is 0 Å². The first-order valence-electron chi connectivity index (χ1n) is 0. The van der Waals surface area contributed by atoms with E-state index in [0.29, 0.717) is 0 Å². The van der Waals surface area contributed by atoms with Crippen LogP contribution in [0.15, 0.2) is 0 Å². The second-order valence-corrected chi connectivity index (χ2v) is 0. The molecule has 0 aliphatic carbocycles. The van der Waals surface area contributed by atoms with Crippen LogP contribution in [0.3, 0.4) is 0 Å². The number of hydrogen-bond acceptors (Lipinski definition) is 0. The Morgan fingerprint density at radius 1 is 0.375 bits per heavy atom. The van der Waals surface area contributed by atoms with Gasteiger partial charge in [0.25, 0.3) is 0 Å². The molecule has 0 amide bonds. The van der Waals surface area contributed by atoms with Gasteiger partial charge in [0.1, 0.15) is 0 Å². The van der Waals surface area contributed by atoms with Crippen molar-refractivity contribution >= 4 is 0 Å². The number of rotatable bonds is 0. The average molecular weight is 364 g/mol. The zero-order chi connectivity index (χ0) is 0. The first kappa shape index (κ1) is 125. The zero-order valence-electron chi connectivity index (χ0n) is 3.05. The van der Waals surface area contributed by atoms with Crippen LogP contribution >= 0.6 is 0 Å². The van der Waals surface area contributed by atoms with E-state index in [-0.39, 0.29) is 113 Å². The summed E-state index contributed by atoms with van der Waals surface area (Å²) in [5.74, 6) is 0. The van der Waals surface area contributed by atoms with Crippen molar-refractivity contribution in [3.63, 3.8) is 0 Å². The molecular formula is Cl6MnMo. The summed E-state index contributed by atoms with van der Waals surface area (Å²) in [5, 5.41) is 0. The predicted octanol–water partition coefficient (Wildman–Crippen LogP) is -18.0. The van der Waals surface area contributed by atoms with E-state index in [0.717, 1.165) is 0 Å². The van der Waals surface area contributed by atoms with Crippen LogP contribution in [0, 0.1) is 0 Å². The van der Waals surface area contributed by atoms with Crippen molar-refractivity contribution < 1.29 is 113 Å². The van der Waals surface area contributed by atoms with Crippen molar-refractivity contribution in [1.29, 1.82) is 0 Å². The van der Waals surface area contributed by atoms with Gasteiger partial charge in [0.2, 0.25) is 0 Å². The summed E-state index contributed by atoms with van der Waals surface area (Å²) >= 11 is 0. The fourth-order valence-electron chi connectivity index (χ4n) is 0. The molecular weight excluding hydrogens is 364 g/mol. The molecule has 0 aromatic carbocycles. The summed E-state index contributed by atoms with van der Waals surface area (Å²) < 4.78 is 0. The molecule has 55 valence electrons. The third kappa shape index (κ3) is 65.0. The van der Waals surface area contributed by atoms with E-state index in [9.17, 15) is 0 Å². The Kier molecular flexibility index (Phi) is 1430. The molecule has 0 saturated carbocycles. The number of halogens is 6. The van der Waals surface area contributed by atoms with E-state index in [2.05, 4.69) is 0 Å². The Morgan fingerprint density at radius 3 is 0.375 bits per heavy atom.